The highest BCUT2D eigenvalue weighted by Crippen LogP contribution is 2.21. The van der Waals surface area contributed by atoms with Gasteiger partial charge in [0.15, 0.2) is 0 Å². The molecule has 0 fully saturated rings. The quantitative estimate of drug-likeness (QED) is 0.606. The molecule has 4 aromatic rings. The maximum atomic E-state index is 12.3. The van der Waals surface area contributed by atoms with Crippen molar-refractivity contribution in [2.75, 3.05) is 5.32 Å². The number of benzene rings is 1. The van der Waals surface area contributed by atoms with Crippen LogP contribution >= 0.6 is 0 Å². The van der Waals surface area contributed by atoms with Crippen molar-refractivity contribution in [3.8, 4) is 5.69 Å². The third-order valence-corrected chi connectivity index (χ3v) is 4.22. The number of fused-ring (bicyclic) bond motifs is 1. The minimum atomic E-state index is -0.0883. The lowest BCUT2D eigenvalue weighted by atomic mass is 10.1. The van der Waals surface area contributed by atoms with E-state index in [1.54, 1.807) is 27.7 Å². The molecule has 4 rings (SSSR count). The van der Waals surface area contributed by atoms with Crippen LogP contribution in [0, 0.1) is 13.8 Å². The third kappa shape index (κ3) is 2.92. The van der Waals surface area contributed by atoms with E-state index in [0.717, 1.165) is 22.5 Å². The minimum absolute atomic E-state index is 0.0883. The van der Waals surface area contributed by atoms with Crippen LogP contribution in [0.1, 0.15) is 16.8 Å². The molecule has 0 amide bonds. The van der Waals surface area contributed by atoms with Crippen LogP contribution in [0.5, 0.6) is 0 Å². The van der Waals surface area contributed by atoms with E-state index >= 15 is 0 Å². The maximum absolute atomic E-state index is 12.3. The Morgan fingerprint density at radius 3 is 2.85 bits per heavy atom. The Morgan fingerprint density at radius 2 is 2.04 bits per heavy atom. The second kappa shape index (κ2) is 6.40. The van der Waals surface area contributed by atoms with Gasteiger partial charge >= 0.3 is 0 Å². The van der Waals surface area contributed by atoms with Crippen molar-refractivity contribution in [1.29, 1.82) is 0 Å². The van der Waals surface area contributed by atoms with Gasteiger partial charge in [0.1, 0.15) is 12.0 Å². The molecule has 0 radical (unpaired) electrons. The molecule has 8 nitrogen and oxygen atoms in total. The van der Waals surface area contributed by atoms with E-state index in [2.05, 4.69) is 25.8 Å². The van der Waals surface area contributed by atoms with Gasteiger partial charge in [0, 0.05) is 18.0 Å². The number of hydrogen-bond acceptors (Lipinski definition) is 6. The van der Waals surface area contributed by atoms with Gasteiger partial charge in [-0.3, -0.25) is 9.20 Å². The molecule has 0 bridgehead atoms. The molecule has 0 unspecified atom stereocenters. The van der Waals surface area contributed by atoms with Crippen molar-refractivity contribution in [3.63, 3.8) is 0 Å². The Kier molecular flexibility index (Phi) is 3.92. The predicted octanol–water partition coefficient (Wildman–Crippen LogP) is 1.90. The fraction of sp³-hybridized carbons (Fsp3) is 0.167. The Balaban J connectivity index is 1.62. The summed E-state index contributed by atoms with van der Waals surface area (Å²) in [4.78, 5) is 16.9. The largest absolute Gasteiger partial charge is 0.379 e. The Labute approximate surface area is 149 Å². The standard InChI is InChI=1S/C18H17N7O/c1-12-6-7-17-21-14(8-18(26)24(17)10-12)9-19-15-4-3-5-16(13(15)2)25-11-20-22-23-25/h3-8,10-11,19H,9H2,1-2H3. The van der Waals surface area contributed by atoms with Gasteiger partial charge in [0.2, 0.25) is 0 Å². The van der Waals surface area contributed by atoms with Crippen LogP contribution in [0.3, 0.4) is 0 Å². The first kappa shape index (κ1) is 15.9. The summed E-state index contributed by atoms with van der Waals surface area (Å²) in [5.74, 6) is 0. The average Bonchev–Trinajstić information content (AvgIpc) is 3.16. The number of anilines is 1. The van der Waals surface area contributed by atoms with E-state index < -0.39 is 0 Å². The molecule has 0 aliphatic rings. The topological polar surface area (TPSA) is 90.0 Å². The molecule has 1 aromatic carbocycles. The first-order valence-electron chi connectivity index (χ1n) is 8.17. The summed E-state index contributed by atoms with van der Waals surface area (Å²) in [6.45, 7) is 4.38. The van der Waals surface area contributed by atoms with Crippen molar-refractivity contribution >= 4 is 11.3 Å². The van der Waals surface area contributed by atoms with E-state index in [1.165, 1.54) is 0 Å². The normalized spacial score (nSPS) is 11.0. The fourth-order valence-electron chi connectivity index (χ4n) is 2.87. The fourth-order valence-corrected chi connectivity index (χ4v) is 2.87. The number of tetrazole rings is 1. The van der Waals surface area contributed by atoms with Gasteiger partial charge in [0.25, 0.3) is 5.56 Å². The molecular weight excluding hydrogens is 330 g/mol. The Hall–Kier alpha value is -3.55. The van der Waals surface area contributed by atoms with Gasteiger partial charge in [-0.2, -0.15) is 0 Å². The molecule has 26 heavy (non-hydrogen) atoms. The summed E-state index contributed by atoms with van der Waals surface area (Å²) in [6, 6.07) is 11.2. The molecular formula is C18H17N7O. The summed E-state index contributed by atoms with van der Waals surface area (Å²) >= 11 is 0. The Bertz CT molecular complexity index is 1130. The van der Waals surface area contributed by atoms with Gasteiger partial charge in [-0.05, 0) is 53.6 Å². The van der Waals surface area contributed by atoms with Crippen LogP contribution in [-0.4, -0.2) is 29.6 Å². The molecule has 8 heteroatoms. The lowest BCUT2D eigenvalue weighted by molar-refractivity contribution is 0.785. The number of aryl methyl sites for hydroxylation is 1. The maximum Gasteiger partial charge on any atom is 0.258 e. The SMILES string of the molecule is Cc1ccc2nc(CNc3cccc(-n4cnnn4)c3C)cc(=O)n2c1. The van der Waals surface area contributed by atoms with Crippen LogP contribution in [0.2, 0.25) is 0 Å². The molecule has 0 spiro atoms. The number of hydrogen-bond donors (Lipinski definition) is 1. The number of nitrogens with one attached hydrogen (secondary N) is 1. The molecule has 0 aliphatic heterocycles. The summed E-state index contributed by atoms with van der Waals surface area (Å²) in [5, 5.41) is 14.6. The third-order valence-electron chi connectivity index (χ3n) is 4.22. The average molecular weight is 347 g/mol. The summed E-state index contributed by atoms with van der Waals surface area (Å²) in [6.07, 6.45) is 3.35. The zero-order chi connectivity index (χ0) is 18.1. The molecule has 3 heterocycles. The van der Waals surface area contributed by atoms with Crippen molar-refractivity contribution in [3.05, 3.63) is 76.1 Å². The summed E-state index contributed by atoms with van der Waals surface area (Å²) in [7, 11) is 0. The lowest BCUT2D eigenvalue weighted by Gasteiger charge is -2.13. The van der Waals surface area contributed by atoms with Crippen molar-refractivity contribution in [2.24, 2.45) is 0 Å². The zero-order valence-electron chi connectivity index (χ0n) is 14.4. The molecule has 0 saturated carbocycles. The Morgan fingerprint density at radius 1 is 1.15 bits per heavy atom. The summed E-state index contributed by atoms with van der Waals surface area (Å²) in [5.41, 5.74) is 5.08. The van der Waals surface area contributed by atoms with E-state index in [1.807, 2.05) is 44.2 Å². The first-order chi connectivity index (χ1) is 12.6. The van der Waals surface area contributed by atoms with E-state index in [4.69, 9.17) is 0 Å². The monoisotopic (exact) mass is 347 g/mol. The lowest BCUT2D eigenvalue weighted by Crippen LogP contribution is -2.17. The van der Waals surface area contributed by atoms with Gasteiger partial charge in [-0.15, -0.1) is 5.10 Å². The second-order valence-corrected chi connectivity index (χ2v) is 6.08. The molecule has 130 valence electrons. The van der Waals surface area contributed by atoms with Gasteiger partial charge in [0.05, 0.1) is 17.9 Å². The number of pyridine rings is 1. The van der Waals surface area contributed by atoms with Crippen molar-refractivity contribution in [2.45, 2.75) is 20.4 Å². The van der Waals surface area contributed by atoms with E-state index in [-0.39, 0.29) is 5.56 Å². The molecule has 1 N–H and O–H groups in total. The number of nitrogens with zero attached hydrogens (tertiary/aromatic N) is 6. The second-order valence-electron chi connectivity index (χ2n) is 6.08. The van der Waals surface area contributed by atoms with Crippen molar-refractivity contribution in [1.82, 2.24) is 29.6 Å². The zero-order valence-corrected chi connectivity index (χ0v) is 14.4. The van der Waals surface area contributed by atoms with Crippen LogP contribution in [0.4, 0.5) is 5.69 Å². The van der Waals surface area contributed by atoms with Gasteiger partial charge in [-0.1, -0.05) is 12.1 Å². The highest BCUT2D eigenvalue weighted by Gasteiger charge is 2.08. The van der Waals surface area contributed by atoms with Crippen LogP contribution in [0.15, 0.2) is 53.7 Å². The first-order valence-corrected chi connectivity index (χ1v) is 8.17. The smallest absolute Gasteiger partial charge is 0.258 e. The van der Waals surface area contributed by atoms with E-state index in [9.17, 15) is 4.79 Å². The van der Waals surface area contributed by atoms with Crippen LogP contribution in [0.25, 0.3) is 11.3 Å². The number of aromatic nitrogens is 6. The summed E-state index contributed by atoms with van der Waals surface area (Å²) < 4.78 is 3.17. The molecule has 3 aromatic heterocycles. The van der Waals surface area contributed by atoms with Crippen molar-refractivity contribution < 1.29 is 0 Å². The highest BCUT2D eigenvalue weighted by atomic mass is 16.1. The minimum Gasteiger partial charge on any atom is -0.379 e. The molecule has 0 saturated heterocycles. The van der Waals surface area contributed by atoms with Gasteiger partial charge < -0.3 is 5.32 Å². The predicted molar refractivity (Wildman–Crippen MR) is 97.4 cm³/mol. The van der Waals surface area contributed by atoms with E-state index in [0.29, 0.717) is 17.9 Å². The molecule has 0 aliphatic carbocycles. The van der Waals surface area contributed by atoms with Crippen LogP contribution < -0.4 is 10.9 Å². The number of rotatable bonds is 4. The highest BCUT2D eigenvalue weighted by molar-refractivity contribution is 5.59. The van der Waals surface area contributed by atoms with Crippen LogP contribution in [-0.2, 0) is 6.54 Å². The molecule has 0 atom stereocenters. The van der Waals surface area contributed by atoms with Gasteiger partial charge in [-0.25, -0.2) is 9.67 Å².